The summed E-state index contributed by atoms with van der Waals surface area (Å²) in [7, 11) is 2.22. The van der Waals surface area contributed by atoms with Gasteiger partial charge in [0.25, 0.3) is 0 Å². The van der Waals surface area contributed by atoms with Gasteiger partial charge in [-0.25, -0.2) is 0 Å². The first kappa shape index (κ1) is 15.3. The molecule has 4 heteroatoms. The molecule has 0 radical (unpaired) electrons. The summed E-state index contributed by atoms with van der Waals surface area (Å²) >= 11 is 0. The van der Waals surface area contributed by atoms with E-state index in [-0.39, 0.29) is 5.91 Å². The van der Waals surface area contributed by atoms with E-state index >= 15 is 0 Å². The summed E-state index contributed by atoms with van der Waals surface area (Å²) < 4.78 is 0. The molecule has 4 nitrogen and oxygen atoms in total. The van der Waals surface area contributed by atoms with Crippen LogP contribution in [-0.4, -0.2) is 50.1 Å². The van der Waals surface area contributed by atoms with Gasteiger partial charge in [0, 0.05) is 43.5 Å². The fourth-order valence-electron chi connectivity index (χ4n) is 3.60. The van der Waals surface area contributed by atoms with Crippen molar-refractivity contribution in [1.82, 2.24) is 4.90 Å². The Morgan fingerprint density at radius 3 is 2.55 bits per heavy atom. The number of amides is 1. The number of nitrogens with zero attached hydrogens (tertiary/aromatic N) is 3. The van der Waals surface area contributed by atoms with Crippen molar-refractivity contribution < 1.29 is 4.79 Å². The SMILES string of the molecule is CCN(C)C1CCN(c2cccc(N3CCCC3=O)c2)CC1. The van der Waals surface area contributed by atoms with Crippen LogP contribution in [0.5, 0.6) is 0 Å². The third-order valence-electron chi connectivity index (χ3n) is 5.17. The van der Waals surface area contributed by atoms with Crippen molar-refractivity contribution in [3.05, 3.63) is 24.3 Å². The van der Waals surface area contributed by atoms with Crippen molar-refractivity contribution in [3.8, 4) is 0 Å². The average Bonchev–Trinajstić information content (AvgIpc) is 3.00. The predicted molar refractivity (Wildman–Crippen MR) is 91.6 cm³/mol. The number of hydrogen-bond donors (Lipinski definition) is 0. The molecule has 2 saturated heterocycles. The Balaban J connectivity index is 1.67. The highest BCUT2D eigenvalue weighted by atomic mass is 16.2. The summed E-state index contributed by atoms with van der Waals surface area (Å²) in [5.41, 5.74) is 2.32. The average molecular weight is 301 g/mol. The predicted octanol–water partition coefficient (Wildman–Crippen LogP) is 2.73. The van der Waals surface area contributed by atoms with Crippen LogP contribution < -0.4 is 9.80 Å². The van der Waals surface area contributed by atoms with Crippen molar-refractivity contribution in [2.75, 3.05) is 43.0 Å². The van der Waals surface area contributed by atoms with Crippen molar-refractivity contribution in [2.24, 2.45) is 0 Å². The molecular weight excluding hydrogens is 274 g/mol. The lowest BCUT2D eigenvalue weighted by Gasteiger charge is -2.37. The smallest absolute Gasteiger partial charge is 0.227 e. The van der Waals surface area contributed by atoms with Crippen LogP contribution in [0.2, 0.25) is 0 Å². The molecule has 2 aliphatic heterocycles. The standard InChI is InChI=1S/C18H27N3O/c1-3-19(2)15-9-12-20(13-10-15)16-6-4-7-17(14-16)21-11-5-8-18(21)22/h4,6-7,14-15H,3,5,8-13H2,1-2H3. The highest BCUT2D eigenvalue weighted by molar-refractivity contribution is 5.95. The topological polar surface area (TPSA) is 26.8 Å². The van der Waals surface area contributed by atoms with Gasteiger partial charge >= 0.3 is 0 Å². The molecule has 1 aromatic carbocycles. The van der Waals surface area contributed by atoms with Crippen LogP contribution in [0.3, 0.4) is 0 Å². The van der Waals surface area contributed by atoms with Crippen molar-refractivity contribution in [2.45, 2.75) is 38.6 Å². The van der Waals surface area contributed by atoms with E-state index in [9.17, 15) is 4.79 Å². The minimum atomic E-state index is 0.264. The number of anilines is 2. The third-order valence-corrected chi connectivity index (χ3v) is 5.17. The van der Waals surface area contributed by atoms with Gasteiger partial charge in [-0.2, -0.15) is 0 Å². The number of benzene rings is 1. The van der Waals surface area contributed by atoms with E-state index < -0.39 is 0 Å². The quantitative estimate of drug-likeness (QED) is 0.855. The Morgan fingerprint density at radius 1 is 1.18 bits per heavy atom. The van der Waals surface area contributed by atoms with Crippen LogP contribution in [0.1, 0.15) is 32.6 Å². The van der Waals surface area contributed by atoms with Gasteiger partial charge in [-0.15, -0.1) is 0 Å². The third kappa shape index (κ3) is 3.12. The fourth-order valence-corrected chi connectivity index (χ4v) is 3.60. The molecule has 0 aliphatic carbocycles. The van der Waals surface area contributed by atoms with E-state index in [1.807, 2.05) is 4.90 Å². The first-order chi connectivity index (χ1) is 10.7. The van der Waals surface area contributed by atoms with E-state index in [2.05, 4.69) is 48.0 Å². The summed E-state index contributed by atoms with van der Waals surface area (Å²) in [6, 6.07) is 9.22. The van der Waals surface area contributed by atoms with Crippen molar-refractivity contribution in [1.29, 1.82) is 0 Å². The molecular formula is C18H27N3O. The zero-order valence-electron chi connectivity index (χ0n) is 13.8. The zero-order valence-corrected chi connectivity index (χ0v) is 13.8. The maximum atomic E-state index is 11.9. The Kier molecular flexibility index (Phi) is 4.67. The van der Waals surface area contributed by atoms with Gasteiger partial charge < -0.3 is 14.7 Å². The molecule has 22 heavy (non-hydrogen) atoms. The lowest BCUT2D eigenvalue weighted by molar-refractivity contribution is -0.117. The molecule has 2 heterocycles. The van der Waals surface area contributed by atoms with Gasteiger partial charge in [0.05, 0.1) is 0 Å². The van der Waals surface area contributed by atoms with E-state index in [1.54, 1.807) is 0 Å². The fraction of sp³-hybridized carbons (Fsp3) is 0.611. The summed E-state index contributed by atoms with van der Waals surface area (Å²) in [6.45, 7) is 6.42. The lowest BCUT2D eigenvalue weighted by atomic mass is 10.0. The second-order valence-electron chi connectivity index (χ2n) is 6.46. The Bertz CT molecular complexity index is 523. The molecule has 0 spiro atoms. The molecule has 0 bridgehead atoms. The molecule has 120 valence electrons. The lowest BCUT2D eigenvalue weighted by Crippen LogP contribution is -2.43. The summed E-state index contributed by atoms with van der Waals surface area (Å²) in [5.74, 6) is 0.264. The summed E-state index contributed by atoms with van der Waals surface area (Å²) in [6.07, 6.45) is 4.12. The highest BCUT2D eigenvalue weighted by Gasteiger charge is 2.24. The van der Waals surface area contributed by atoms with Crippen molar-refractivity contribution >= 4 is 17.3 Å². The van der Waals surface area contributed by atoms with Crippen LogP contribution in [0.25, 0.3) is 0 Å². The van der Waals surface area contributed by atoms with Crippen LogP contribution in [0.15, 0.2) is 24.3 Å². The molecule has 0 unspecified atom stereocenters. The molecule has 3 rings (SSSR count). The number of hydrogen-bond acceptors (Lipinski definition) is 3. The Morgan fingerprint density at radius 2 is 1.91 bits per heavy atom. The van der Waals surface area contributed by atoms with Crippen LogP contribution in [-0.2, 0) is 4.79 Å². The zero-order chi connectivity index (χ0) is 15.5. The van der Waals surface area contributed by atoms with Gasteiger partial charge in [-0.1, -0.05) is 13.0 Å². The maximum absolute atomic E-state index is 11.9. The van der Waals surface area contributed by atoms with Gasteiger partial charge in [-0.05, 0) is 51.1 Å². The van der Waals surface area contributed by atoms with Crippen LogP contribution >= 0.6 is 0 Å². The normalized spacial score (nSPS) is 20.2. The Hall–Kier alpha value is -1.55. The second kappa shape index (κ2) is 6.69. The molecule has 1 aromatic rings. The molecule has 0 N–H and O–H groups in total. The maximum Gasteiger partial charge on any atom is 0.227 e. The minimum absolute atomic E-state index is 0.264. The van der Waals surface area contributed by atoms with E-state index in [1.165, 1.54) is 18.5 Å². The highest BCUT2D eigenvalue weighted by Crippen LogP contribution is 2.28. The summed E-state index contributed by atoms with van der Waals surface area (Å²) in [5, 5.41) is 0. The number of carbonyl (C=O) groups is 1. The monoisotopic (exact) mass is 301 g/mol. The van der Waals surface area contributed by atoms with Crippen molar-refractivity contribution in [3.63, 3.8) is 0 Å². The number of rotatable bonds is 4. The number of piperidine rings is 1. The minimum Gasteiger partial charge on any atom is -0.371 e. The van der Waals surface area contributed by atoms with E-state index in [0.29, 0.717) is 12.5 Å². The van der Waals surface area contributed by atoms with Crippen LogP contribution in [0, 0.1) is 0 Å². The molecule has 2 aliphatic rings. The van der Waals surface area contributed by atoms with E-state index in [0.717, 1.165) is 38.3 Å². The van der Waals surface area contributed by atoms with Gasteiger partial charge in [0.2, 0.25) is 5.91 Å². The summed E-state index contributed by atoms with van der Waals surface area (Å²) in [4.78, 5) is 18.8. The second-order valence-corrected chi connectivity index (χ2v) is 6.46. The van der Waals surface area contributed by atoms with E-state index in [4.69, 9.17) is 0 Å². The van der Waals surface area contributed by atoms with Crippen LogP contribution in [0.4, 0.5) is 11.4 Å². The number of carbonyl (C=O) groups excluding carboxylic acids is 1. The largest absolute Gasteiger partial charge is 0.371 e. The molecule has 0 saturated carbocycles. The molecule has 0 atom stereocenters. The molecule has 1 amide bonds. The molecule has 0 aromatic heterocycles. The first-order valence-electron chi connectivity index (χ1n) is 8.54. The first-order valence-corrected chi connectivity index (χ1v) is 8.54. The Labute approximate surface area is 133 Å². The van der Waals surface area contributed by atoms with Gasteiger partial charge in [0.15, 0.2) is 0 Å². The molecule has 2 fully saturated rings. The van der Waals surface area contributed by atoms with Gasteiger partial charge in [-0.3, -0.25) is 4.79 Å². The van der Waals surface area contributed by atoms with Gasteiger partial charge in [0.1, 0.15) is 0 Å².